The molecular weight excluding hydrogens is 400 g/mol. The fourth-order valence-corrected chi connectivity index (χ4v) is 5.47. The third kappa shape index (κ3) is 4.84. The van der Waals surface area contributed by atoms with Gasteiger partial charge in [0.05, 0.1) is 11.5 Å². The fourth-order valence-electron chi connectivity index (χ4n) is 3.58. The summed E-state index contributed by atoms with van der Waals surface area (Å²) in [6, 6.07) is 15.4. The topological polar surface area (TPSA) is 89.7 Å². The highest BCUT2D eigenvalue weighted by molar-refractivity contribution is 7.89. The zero-order valence-corrected chi connectivity index (χ0v) is 17.0. The van der Waals surface area contributed by atoms with Crippen LogP contribution in [0.3, 0.4) is 0 Å². The van der Waals surface area contributed by atoms with E-state index in [4.69, 9.17) is 22.1 Å². The summed E-state index contributed by atoms with van der Waals surface area (Å²) in [5, 5.41) is 0.355. The predicted molar refractivity (Wildman–Crippen MR) is 108 cm³/mol. The van der Waals surface area contributed by atoms with Gasteiger partial charge < -0.3 is 10.5 Å². The number of rotatable bonds is 7. The number of carbonyl (C=O) groups excluding carboxylic acids is 1. The molecule has 2 aromatic rings. The van der Waals surface area contributed by atoms with Crippen LogP contribution in [0.15, 0.2) is 59.5 Å². The molecule has 1 heterocycles. The summed E-state index contributed by atoms with van der Waals surface area (Å²) >= 11 is 5.97. The second-order valence-electron chi connectivity index (χ2n) is 7.14. The van der Waals surface area contributed by atoms with E-state index in [1.54, 1.807) is 12.1 Å². The van der Waals surface area contributed by atoms with E-state index in [2.05, 4.69) is 0 Å². The maximum atomic E-state index is 13.1. The lowest BCUT2D eigenvalue weighted by Crippen LogP contribution is -2.50. The molecule has 0 bridgehead atoms. The Kier molecular flexibility index (Phi) is 6.27. The standard InChI is InChI=1S/C20H23ClN2O4S/c21-16-6-4-9-18(12-16)28(25,26)23-11-5-10-20(14-23,13-19(22)24)15-27-17-7-2-1-3-8-17/h1-4,6-9,12H,5,10-11,13-15H2,(H2,22,24)/t20-/m0/s1. The summed E-state index contributed by atoms with van der Waals surface area (Å²) in [6.07, 6.45) is 1.33. The molecule has 0 unspecified atom stereocenters. The molecule has 8 heteroatoms. The average molecular weight is 423 g/mol. The molecule has 2 N–H and O–H groups in total. The number of primary amides is 1. The Morgan fingerprint density at radius 3 is 2.61 bits per heavy atom. The van der Waals surface area contributed by atoms with E-state index in [0.29, 0.717) is 30.2 Å². The minimum absolute atomic E-state index is 0.0569. The lowest BCUT2D eigenvalue weighted by atomic mass is 9.78. The van der Waals surface area contributed by atoms with Crippen LogP contribution in [-0.2, 0) is 14.8 Å². The van der Waals surface area contributed by atoms with Crippen molar-refractivity contribution in [2.24, 2.45) is 11.1 Å². The van der Waals surface area contributed by atoms with E-state index in [0.717, 1.165) is 0 Å². The van der Waals surface area contributed by atoms with Crippen molar-refractivity contribution in [1.82, 2.24) is 4.31 Å². The van der Waals surface area contributed by atoms with Gasteiger partial charge in [-0.25, -0.2) is 8.42 Å². The van der Waals surface area contributed by atoms with Gasteiger partial charge in [-0.1, -0.05) is 35.9 Å². The molecule has 1 saturated heterocycles. The molecule has 1 aliphatic rings. The van der Waals surface area contributed by atoms with Crippen molar-refractivity contribution in [2.45, 2.75) is 24.2 Å². The largest absolute Gasteiger partial charge is 0.493 e. The molecule has 28 heavy (non-hydrogen) atoms. The van der Waals surface area contributed by atoms with Gasteiger partial charge in [0, 0.05) is 29.9 Å². The van der Waals surface area contributed by atoms with Crippen molar-refractivity contribution in [3.05, 3.63) is 59.6 Å². The number of sulfonamides is 1. The van der Waals surface area contributed by atoms with E-state index >= 15 is 0 Å². The van der Waals surface area contributed by atoms with Gasteiger partial charge in [-0.3, -0.25) is 4.79 Å². The predicted octanol–water partition coefficient (Wildman–Crippen LogP) is 3.07. The van der Waals surface area contributed by atoms with Crippen LogP contribution in [0, 0.1) is 5.41 Å². The second-order valence-corrected chi connectivity index (χ2v) is 9.52. The molecule has 1 atom stereocenters. The highest BCUT2D eigenvalue weighted by Gasteiger charge is 2.42. The van der Waals surface area contributed by atoms with Gasteiger partial charge in [-0.05, 0) is 43.2 Å². The zero-order valence-electron chi connectivity index (χ0n) is 15.4. The summed E-state index contributed by atoms with van der Waals surface area (Å²) in [7, 11) is -3.73. The lowest BCUT2D eigenvalue weighted by molar-refractivity contribution is -0.121. The Morgan fingerprint density at radius 2 is 1.93 bits per heavy atom. The number of halogens is 1. The second kappa shape index (κ2) is 8.51. The molecule has 0 spiro atoms. The van der Waals surface area contributed by atoms with Crippen molar-refractivity contribution in [3.8, 4) is 5.75 Å². The Bertz CT molecular complexity index is 936. The first-order chi connectivity index (χ1) is 13.3. The fraction of sp³-hybridized carbons (Fsp3) is 0.350. The van der Waals surface area contributed by atoms with Crippen LogP contribution in [-0.4, -0.2) is 38.3 Å². The van der Waals surface area contributed by atoms with Gasteiger partial charge in [0.15, 0.2) is 0 Å². The van der Waals surface area contributed by atoms with Gasteiger partial charge >= 0.3 is 0 Å². The van der Waals surface area contributed by atoms with Gasteiger partial charge in [-0.2, -0.15) is 4.31 Å². The SMILES string of the molecule is NC(=O)C[C@@]1(COc2ccccc2)CCCN(S(=O)(=O)c2cccc(Cl)c2)C1. The number of hydrogen-bond donors (Lipinski definition) is 1. The number of nitrogens with zero attached hydrogens (tertiary/aromatic N) is 1. The van der Waals surface area contributed by atoms with Crippen LogP contribution in [0.5, 0.6) is 5.75 Å². The average Bonchev–Trinajstić information content (AvgIpc) is 2.67. The number of ether oxygens (including phenoxy) is 1. The monoisotopic (exact) mass is 422 g/mol. The van der Waals surface area contributed by atoms with Crippen LogP contribution >= 0.6 is 11.6 Å². The van der Waals surface area contributed by atoms with Crippen LogP contribution in [0.4, 0.5) is 0 Å². The summed E-state index contributed by atoms with van der Waals surface area (Å²) in [5.74, 6) is 0.194. The molecule has 1 fully saturated rings. The van der Waals surface area contributed by atoms with Gasteiger partial charge in [0.1, 0.15) is 5.75 Å². The number of hydrogen-bond acceptors (Lipinski definition) is 4. The Hall–Kier alpha value is -2.09. The number of nitrogens with two attached hydrogens (primary N) is 1. The van der Waals surface area contributed by atoms with Crippen LogP contribution in [0.1, 0.15) is 19.3 Å². The number of para-hydroxylation sites is 1. The third-order valence-corrected chi connectivity index (χ3v) is 6.97. The van der Waals surface area contributed by atoms with Crippen LogP contribution in [0.25, 0.3) is 0 Å². The maximum Gasteiger partial charge on any atom is 0.243 e. The molecule has 0 aliphatic carbocycles. The number of benzene rings is 2. The smallest absolute Gasteiger partial charge is 0.243 e. The van der Waals surface area contributed by atoms with Gasteiger partial charge in [0.25, 0.3) is 0 Å². The zero-order chi connectivity index (χ0) is 20.2. The van der Waals surface area contributed by atoms with Crippen LogP contribution < -0.4 is 10.5 Å². The quantitative estimate of drug-likeness (QED) is 0.742. The normalized spacial score (nSPS) is 20.6. The molecule has 0 aromatic heterocycles. The molecule has 2 aromatic carbocycles. The molecule has 6 nitrogen and oxygen atoms in total. The third-order valence-electron chi connectivity index (χ3n) is 4.90. The molecule has 0 saturated carbocycles. The first-order valence-corrected chi connectivity index (χ1v) is 10.8. The Morgan fingerprint density at radius 1 is 1.18 bits per heavy atom. The summed E-state index contributed by atoms with van der Waals surface area (Å²) < 4.78 is 33.5. The molecule has 3 rings (SSSR count). The summed E-state index contributed by atoms with van der Waals surface area (Å²) in [6.45, 7) is 0.750. The molecule has 0 radical (unpaired) electrons. The van der Waals surface area contributed by atoms with Gasteiger partial charge in [-0.15, -0.1) is 0 Å². The van der Waals surface area contributed by atoms with Crippen molar-refractivity contribution in [3.63, 3.8) is 0 Å². The molecule has 150 valence electrons. The minimum atomic E-state index is -3.73. The van der Waals surface area contributed by atoms with Crippen molar-refractivity contribution >= 4 is 27.5 Å². The van der Waals surface area contributed by atoms with E-state index < -0.39 is 21.3 Å². The Balaban J connectivity index is 1.84. The molecule has 1 amide bonds. The lowest BCUT2D eigenvalue weighted by Gasteiger charge is -2.41. The highest BCUT2D eigenvalue weighted by Crippen LogP contribution is 2.36. The summed E-state index contributed by atoms with van der Waals surface area (Å²) in [4.78, 5) is 11.9. The molecular formula is C20H23ClN2O4S. The van der Waals surface area contributed by atoms with Crippen molar-refractivity contribution in [1.29, 1.82) is 0 Å². The minimum Gasteiger partial charge on any atom is -0.493 e. The molecule has 1 aliphatic heterocycles. The van der Waals surface area contributed by atoms with Gasteiger partial charge in [0.2, 0.25) is 15.9 Å². The van der Waals surface area contributed by atoms with Crippen molar-refractivity contribution < 1.29 is 17.9 Å². The first-order valence-electron chi connectivity index (χ1n) is 9.03. The summed E-state index contributed by atoms with van der Waals surface area (Å²) in [5.41, 5.74) is 4.81. The number of piperidine rings is 1. The highest BCUT2D eigenvalue weighted by atomic mass is 35.5. The van der Waals surface area contributed by atoms with E-state index in [9.17, 15) is 13.2 Å². The van der Waals surface area contributed by atoms with E-state index in [1.807, 2.05) is 30.3 Å². The van der Waals surface area contributed by atoms with E-state index in [1.165, 1.54) is 16.4 Å². The van der Waals surface area contributed by atoms with Crippen LogP contribution in [0.2, 0.25) is 5.02 Å². The first kappa shape index (κ1) is 20.6. The van der Waals surface area contributed by atoms with Crippen molar-refractivity contribution in [2.75, 3.05) is 19.7 Å². The number of carbonyl (C=O) groups is 1. The maximum absolute atomic E-state index is 13.1. The Labute approximate surface area is 170 Å². The van der Waals surface area contributed by atoms with E-state index in [-0.39, 0.29) is 24.5 Å². The number of amides is 1.